The quantitative estimate of drug-likeness (QED) is 0.578. The Balaban J connectivity index is 1.71. The van der Waals surface area contributed by atoms with Crippen molar-refractivity contribution in [2.24, 2.45) is 0 Å². The highest BCUT2D eigenvalue weighted by molar-refractivity contribution is 6.35. The zero-order chi connectivity index (χ0) is 18.5. The van der Waals surface area contributed by atoms with Crippen molar-refractivity contribution in [3.05, 3.63) is 63.6 Å². The number of ether oxygens (including phenoxy) is 2. The normalized spacial score (nSPS) is 15.3. The highest BCUT2D eigenvalue weighted by Crippen LogP contribution is 2.30. The number of phenolic OH excluding ortho intramolecular Hbond substituents is 1. The number of benzene rings is 2. The summed E-state index contributed by atoms with van der Waals surface area (Å²) in [7, 11) is 0. The lowest BCUT2D eigenvalue weighted by Gasteiger charge is -2.24. The van der Waals surface area contributed by atoms with Gasteiger partial charge in [0.05, 0.1) is 18.9 Å². The Bertz CT molecular complexity index is 832. The molecule has 3 rings (SSSR count). The number of amides is 1. The number of carbonyl (C=O) groups is 1. The molecule has 7 heteroatoms. The van der Waals surface area contributed by atoms with Crippen LogP contribution in [0.3, 0.4) is 0 Å². The minimum Gasteiger partial charge on any atom is -0.506 e. The maximum Gasteiger partial charge on any atom is 0.248 e. The Kier molecular flexibility index (Phi) is 6.16. The van der Waals surface area contributed by atoms with Crippen LogP contribution in [0.1, 0.15) is 23.8 Å². The van der Waals surface area contributed by atoms with E-state index in [4.69, 9.17) is 32.7 Å². The Labute approximate surface area is 161 Å². The molecule has 5 nitrogen and oxygen atoms in total. The van der Waals surface area contributed by atoms with Crippen molar-refractivity contribution in [3.8, 4) is 5.75 Å². The fourth-order valence-electron chi connectivity index (χ4n) is 2.46. The van der Waals surface area contributed by atoms with Gasteiger partial charge in [0.25, 0.3) is 0 Å². The number of carbonyl (C=O) groups excluding carboxylic acids is 1. The van der Waals surface area contributed by atoms with E-state index in [9.17, 15) is 9.90 Å². The van der Waals surface area contributed by atoms with Crippen LogP contribution in [0.15, 0.2) is 42.5 Å². The van der Waals surface area contributed by atoms with Gasteiger partial charge in [-0.1, -0.05) is 35.3 Å². The van der Waals surface area contributed by atoms with Crippen LogP contribution >= 0.6 is 23.2 Å². The van der Waals surface area contributed by atoms with Gasteiger partial charge in [0.15, 0.2) is 6.29 Å². The van der Waals surface area contributed by atoms with Gasteiger partial charge < -0.3 is 19.9 Å². The molecule has 2 aromatic carbocycles. The average Bonchev–Trinajstić information content (AvgIpc) is 2.63. The zero-order valence-corrected chi connectivity index (χ0v) is 15.3. The maximum absolute atomic E-state index is 12.2. The van der Waals surface area contributed by atoms with Gasteiger partial charge in [0.1, 0.15) is 5.75 Å². The Morgan fingerprint density at radius 2 is 1.92 bits per heavy atom. The van der Waals surface area contributed by atoms with E-state index in [2.05, 4.69) is 5.32 Å². The van der Waals surface area contributed by atoms with Crippen LogP contribution in [-0.4, -0.2) is 24.2 Å². The zero-order valence-electron chi connectivity index (χ0n) is 13.7. The lowest BCUT2D eigenvalue weighted by molar-refractivity contribution is -0.183. The van der Waals surface area contributed by atoms with Gasteiger partial charge in [-0.2, -0.15) is 0 Å². The summed E-state index contributed by atoms with van der Waals surface area (Å²) in [4.78, 5) is 12.2. The van der Waals surface area contributed by atoms with Crippen LogP contribution in [0.4, 0.5) is 5.69 Å². The monoisotopic (exact) mass is 393 g/mol. The Hall–Kier alpha value is -2.05. The molecular weight excluding hydrogens is 377 g/mol. The summed E-state index contributed by atoms with van der Waals surface area (Å²) < 4.78 is 11.1. The molecule has 1 aliphatic rings. The molecule has 136 valence electrons. The largest absolute Gasteiger partial charge is 0.506 e. The Morgan fingerprint density at radius 1 is 1.15 bits per heavy atom. The summed E-state index contributed by atoms with van der Waals surface area (Å²) in [6.45, 7) is 1.22. The fraction of sp³-hybridized carbons (Fsp3) is 0.211. The SMILES string of the molecule is O=C(/C=C/c1ccc(Cl)cc1Cl)Nc1cc(C2OCCCO2)ccc1O. The van der Waals surface area contributed by atoms with Crippen LogP contribution in [0.25, 0.3) is 6.08 Å². The number of halogens is 2. The van der Waals surface area contributed by atoms with Crippen molar-refractivity contribution in [1.82, 2.24) is 0 Å². The summed E-state index contributed by atoms with van der Waals surface area (Å²) >= 11 is 11.9. The number of nitrogens with one attached hydrogen (secondary N) is 1. The minimum atomic E-state index is -0.497. The molecule has 26 heavy (non-hydrogen) atoms. The lowest BCUT2D eigenvalue weighted by atomic mass is 10.1. The first-order chi connectivity index (χ1) is 12.5. The number of anilines is 1. The van der Waals surface area contributed by atoms with Crippen LogP contribution in [0.2, 0.25) is 10.0 Å². The van der Waals surface area contributed by atoms with E-state index in [0.29, 0.717) is 28.8 Å². The fourth-order valence-corrected chi connectivity index (χ4v) is 2.93. The topological polar surface area (TPSA) is 67.8 Å². The highest BCUT2D eigenvalue weighted by atomic mass is 35.5. The van der Waals surface area contributed by atoms with Crippen LogP contribution in [-0.2, 0) is 14.3 Å². The molecule has 0 radical (unpaired) electrons. The van der Waals surface area contributed by atoms with Crippen molar-refractivity contribution in [3.63, 3.8) is 0 Å². The number of aromatic hydroxyl groups is 1. The Morgan fingerprint density at radius 3 is 2.65 bits per heavy atom. The third-order valence-corrected chi connectivity index (χ3v) is 4.32. The molecule has 1 saturated heterocycles. The van der Waals surface area contributed by atoms with E-state index in [-0.39, 0.29) is 11.4 Å². The highest BCUT2D eigenvalue weighted by Gasteiger charge is 2.18. The number of hydrogen-bond acceptors (Lipinski definition) is 4. The second-order valence-corrected chi connectivity index (χ2v) is 6.54. The van der Waals surface area contributed by atoms with E-state index in [1.54, 1.807) is 36.4 Å². The molecular formula is C19H17Cl2NO4. The molecule has 1 heterocycles. The van der Waals surface area contributed by atoms with E-state index < -0.39 is 12.2 Å². The van der Waals surface area contributed by atoms with E-state index in [1.165, 1.54) is 12.1 Å². The summed E-state index contributed by atoms with van der Waals surface area (Å²) in [5.74, 6) is -0.454. The molecule has 1 aliphatic heterocycles. The van der Waals surface area contributed by atoms with Gasteiger partial charge in [-0.15, -0.1) is 0 Å². The third-order valence-electron chi connectivity index (χ3n) is 3.75. The van der Waals surface area contributed by atoms with Crippen molar-refractivity contribution in [2.75, 3.05) is 18.5 Å². The standard InChI is InChI=1S/C19H17Cl2NO4/c20-14-5-2-12(15(21)11-14)4-7-18(24)22-16-10-13(3-6-17(16)23)19-25-8-1-9-26-19/h2-7,10-11,19,23H,1,8-9H2,(H,22,24)/b7-4+. The van der Waals surface area contributed by atoms with Crippen LogP contribution in [0, 0.1) is 0 Å². The average molecular weight is 394 g/mol. The summed E-state index contributed by atoms with van der Waals surface area (Å²) in [5.41, 5.74) is 1.66. The molecule has 0 aromatic heterocycles. The lowest BCUT2D eigenvalue weighted by Crippen LogP contribution is -2.18. The molecule has 0 unspecified atom stereocenters. The molecule has 2 aromatic rings. The molecule has 2 N–H and O–H groups in total. The molecule has 1 amide bonds. The predicted octanol–water partition coefficient (Wildman–Crippen LogP) is 4.79. The second-order valence-electron chi connectivity index (χ2n) is 5.69. The van der Waals surface area contributed by atoms with Crippen molar-refractivity contribution in [1.29, 1.82) is 0 Å². The van der Waals surface area contributed by atoms with Crippen molar-refractivity contribution in [2.45, 2.75) is 12.7 Å². The van der Waals surface area contributed by atoms with Gasteiger partial charge in [-0.05, 0) is 42.3 Å². The first-order valence-electron chi connectivity index (χ1n) is 8.03. The summed E-state index contributed by atoms with van der Waals surface area (Å²) in [6, 6.07) is 9.82. The van der Waals surface area contributed by atoms with E-state index >= 15 is 0 Å². The smallest absolute Gasteiger partial charge is 0.248 e. The number of rotatable bonds is 4. The minimum absolute atomic E-state index is 0.0455. The molecule has 0 spiro atoms. The first-order valence-corrected chi connectivity index (χ1v) is 8.79. The summed E-state index contributed by atoms with van der Waals surface area (Å²) in [6.07, 6.45) is 3.25. The van der Waals surface area contributed by atoms with E-state index in [0.717, 1.165) is 12.0 Å². The van der Waals surface area contributed by atoms with Crippen LogP contribution < -0.4 is 5.32 Å². The van der Waals surface area contributed by atoms with Crippen molar-refractivity contribution >= 4 is 40.9 Å². The molecule has 0 bridgehead atoms. The third kappa shape index (κ3) is 4.77. The number of hydrogen-bond donors (Lipinski definition) is 2. The van der Waals surface area contributed by atoms with Gasteiger partial charge in [-0.25, -0.2) is 0 Å². The van der Waals surface area contributed by atoms with Crippen LogP contribution in [0.5, 0.6) is 5.75 Å². The predicted molar refractivity (Wildman–Crippen MR) is 101 cm³/mol. The van der Waals surface area contributed by atoms with E-state index in [1.807, 2.05) is 0 Å². The van der Waals surface area contributed by atoms with Gasteiger partial charge >= 0.3 is 0 Å². The summed E-state index contributed by atoms with van der Waals surface area (Å²) in [5, 5.41) is 13.6. The van der Waals surface area contributed by atoms with Crippen molar-refractivity contribution < 1.29 is 19.4 Å². The van der Waals surface area contributed by atoms with Gasteiger partial charge in [0, 0.05) is 21.7 Å². The molecule has 0 atom stereocenters. The first kappa shape index (κ1) is 18.7. The van der Waals surface area contributed by atoms with Gasteiger partial charge in [-0.3, -0.25) is 4.79 Å². The molecule has 1 fully saturated rings. The molecule has 0 aliphatic carbocycles. The number of phenols is 1. The second kappa shape index (κ2) is 8.56. The maximum atomic E-state index is 12.2. The molecule has 0 saturated carbocycles. The van der Waals surface area contributed by atoms with Gasteiger partial charge in [0.2, 0.25) is 5.91 Å².